The third kappa shape index (κ3) is 1.45. The zero-order valence-corrected chi connectivity index (χ0v) is 10.9. The minimum Gasteiger partial charge on any atom is -0.508 e. The molecule has 2 atom stereocenters. The van der Waals surface area contributed by atoms with Crippen molar-refractivity contribution in [3.8, 4) is 5.75 Å². The average molecular weight is 242 g/mol. The summed E-state index contributed by atoms with van der Waals surface area (Å²) >= 11 is 0. The Morgan fingerprint density at radius 3 is 2.89 bits per heavy atom. The number of aryl methyl sites for hydroxylation is 1. The van der Waals surface area contributed by atoms with Crippen LogP contribution in [0.3, 0.4) is 0 Å². The van der Waals surface area contributed by atoms with Gasteiger partial charge in [-0.2, -0.15) is 0 Å². The molecule has 2 aliphatic carbocycles. The fourth-order valence-electron chi connectivity index (χ4n) is 3.56. The fraction of sp³-hybridized carbons (Fsp3) is 0.438. The van der Waals surface area contributed by atoms with E-state index in [1.807, 2.05) is 18.2 Å². The van der Waals surface area contributed by atoms with Gasteiger partial charge in [0.05, 0.1) is 0 Å². The van der Waals surface area contributed by atoms with E-state index in [1.54, 1.807) is 6.07 Å². The number of hydrogen-bond acceptors (Lipinski definition) is 2. The van der Waals surface area contributed by atoms with E-state index in [-0.39, 0.29) is 11.2 Å². The van der Waals surface area contributed by atoms with Crippen molar-refractivity contribution in [3.63, 3.8) is 0 Å². The molecule has 2 aliphatic rings. The number of carbonyl (C=O) groups excluding carboxylic acids is 1. The van der Waals surface area contributed by atoms with E-state index in [9.17, 15) is 9.90 Å². The molecular weight excluding hydrogens is 224 g/mol. The van der Waals surface area contributed by atoms with Crippen LogP contribution in [0.1, 0.15) is 37.8 Å². The van der Waals surface area contributed by atoms with Crippen LogP contribution in [0.4, 0.5) is 0 Å². The Morgan fingerprint density at radius 2 is 2.11 bits per heavy atom. The van der Waals surface area contributed by atoms with E-state index in [1.165, 1.54) is 16.7 Å². The molecule has 2 heteroatoms. The first kappa shape index (κ1) is 11.5. The number of phenols is 1. The molecule has 0 aliphatic heterocycles. The predicted molar refractivity (Wildman–Crippen MR) is 70.7 cm³/mol. The van der Waals surface area contributed by atoms with E-state index >= 15 is 0 Å². The molecule has 0 aromatic heterocycles. The highest BCUT2D eigenvalue weighted by molar-refractivity contribution is 5.92. The van der Waals surface area contributed by atoms with Crippen molar-refractivity contribution in [2.75, 3.05) is 0 Å². The Balaban J connectivity index is 2.21. The molecule has 1 N–H and O–H groups in total. The Kier molecular flexibility index (Phi) is 2.37. The van der Waals surface area contributed by atoms with Crippen molar-refractivity contribution >= 4 is 5.78 Å². The van der Waals surface area contributed by atoms with Gasteiger partial charge in [-0.15, -0.1) is 0 Å². The summed E-state index contributed by atoms with van der Waals surface area (Å²) < 4.78 is 0. The number of ketones is 1. The largest absolute Gasteiger partial charge is 0.508 e. The molecule has 1 aromatic rings. The van der Waals surface area contributed by atoms with Gasteiger partial charge in [0.2, 0.25) is 0 Å². The molecule has 0 saturated heterocycles. The first-order valence-electron chi connectivity index (χ1n) is 6.58. The first-order chi connectivity index (χ1) is 8.51. The Morgan fingerprint density at radius 1 is 1.33 bits per heavy atom. The Hall–Kier alpha value is -1.57. The first-order valence-corrected chi connectivity index (χ1v) is 6.58. The van der Waals surface area contributed by atoms with Gasteiger partial charge in [-0.25, -0.2) is 0 Å². The molecule has 0 bridgehead atoms. The summed E-state index contributed by atoms with van der Waals surface area (Å²) in [6.45, 7) is 4.40. The number of carbonyl (C=O) groups is 1. The summed E-state index contributed by atoms with van der Waals surface area (Å²) in [7, 11) is 0. The van der Waals surface area contributed by atoms with Crippen LogP contribution in [0.5, 0.6) is 5.75 Å². The molecule has 0 heterocycles. The molecule has 0 radical (unpaired) electrons. The highest BCUT2D eigenvalue weighted by Gasteiger charge is 2.43. The molecule has 0 spiro atoms. The highest BCUT2D eigenvalue weighted by Crippen LogP contribution is 2.49. The van der Waals surface area contributed by atoms with Gasteiger partial charge in [0, 0.05) is 11.8 Å². The maximum atomic E-state index is 11.7. The van der Waals surface area contributed by atoms with Crippen molar-refractivity contribution in [3.05, 3.63) is 41.0 Å². The van der Waals surface area contributed by atoms with E-state index < -0.39 is 0 Å². The Labute approximate surface area is 107 Å². The summed E-state index contributed by atoms with van der Waals surface area (Å²) in [6.07, 6.45) is 4.34. The molecule has 0 amide bonds. The summed E-state index contributed by atoms with van der Waals surface area (Å²) in [6, 6.07) is 5.67. The highest BCUT2D eigenvalue weighted by atomic mass is 16.3. The number of aromatic hydroxyl groups is 1. The number of allylic oxidation sites excluding steroid dienone is 2. The van der Waals surface area contributed by atoms with Crippen molar-refractivity contribution in [2.24, 2.45) is 5.92 Å². The zero-order valence-electron chi connectivity index (χ0n) is 10.9. The van der Waals surface area contributed by atoms with Crippen molar-refractivity contribution < 1.29 is 9.90 Å². The van der Waals surface area contributed by atoms with E-state index in [0.29, 0.717) is 18.1 Å². The summed E-state index contributed by atoms with van der Waals surface area (Å²) in [5.74, 6) is 0.926. The van der Waals surface area contributed by atoms with Crippen LogP contribution < -0.4 is 0 Å². The predicted octanol–water partition coefficient (Wildman–Crippen LogP) is 3.13. The van der Waals surface area contributed by atoms with Crippen LogP contribution in [-0.2, 0) is 16.6 Å². The normalized spacial score (nSPS) is 30.4. The smallest absolute Gasteiger partial charge is 0.155 e. The van der Waals surface area contributed by atoms with Crippen LogP contribution in [0.2, 0.25) is 0 Å². The molecular formula is C16H18O2. The standard InChI is InChI=1S/C16H18O2/c1-10-7-14(18)9-12-4-3-11-8-13(17)5-6-15(11)16(10,12)2/h5-6,8-10,17H,3-4,7H2,1-2H3/t10-,16-/m1/s1. The van der Waals surface area contributed by atoms with Crippen molar-refractivity contribution in [1.82, 2.24) is 0 Å². The third-order valence-corrected chi connectivity index (χ3v) is 4.81. The van der Waals surface area contributed by atoms with Crippen LogP contribution in [0, 0.1) is 5.92 Å². The van der Waals surface area contributed by atoms with E-state index in [2.05, 4.69) is 13.8 Å². The monoisotopic (exact) mass is 242 g/mol. The van der Waals surface area contributed by atoms with E-state index in [4.69, 9.17) is 0 Å². The van der Waals surface area contributed by atoms with Gasteiger partial charge in [-0.3, -0.25) is 4.79 Å². The second kappa shape index (κ2) is 3.71. The van der Waals surface area contributed by atoms with Gasteiger partial charge in [-0.05, 0) is 48.1 Å². The molecule has 3 rings (SSSR count). The van der Waals surface area contributed by atoms with Crippen LogP contribution >= 0.6 is 0 Å². The topological polar surface area (TPSA) is 37.3 Å². The minimum atomic E-state index is -0.0325. The summed E-state index contributed by atoms with van der Waals surface area (Å²) in [4.78, 5) is 11.7. The third-order valence-electron chi connectivity index (χ3n) is 4.81. The van der Waals surface area contributed by atoms with Crippen molar-refractivity contribution in [1.29, 1.82) is 0 Å². The molecule has 2 nitrogen and oxygen atoms in total. The van der Waals surface area contributed by atoms with Crippen LogP contribution in [-0.4, -0.2) is 10.9 Å². The minimum absolute atomic E-state index is 0.0325. The van der Waals surface area contributed by atoms with Gasteiger partial charge < -0.3 is 5.11 Å². The van der Waals surface area contributed by atoms with Gasteiger partial charge in [0.25, 0.3) is 0 Å². The number of phenolic OH excluding ortho intramolecular Hbond substituents is 1. The SMILES string of the molecule is C[C@@H]1CC(=O)C=C2CCc3cc(O)ccc3[C@@]21C. The number of fused-ring (bicyclic) bond motifs is 3. The molecule has 0 unspecified atom stereocenters. The van der Waals surface area contributed by atoms with E-state index in [0.717, 1.165) is 12.8 Å². The second-order valence-corrected chi connectivity index (χ2v) is 5.78. The lowest BCUT2D eigenvalue weighted by Gasteiger charge is -2.45. The maximum Gasteiger partial charge on any atom is 0.155 e. The van der Waals surface area contributed by atoms with Crippen molar-refractivity contribution in [2.45, 2.75) is 38.5 Å². The second-order valence-electron chi connectivity index (χ2n) is 5.78. The number of benzene rings is 1. The number of rotatable bonds is 0. The van der Waals surface area contributed by atoms with Gasteiger partial charge >= 0.3 is 0 Å². The van der Waals surface area contributed by atoms with Crippen LogP contribution in [0.15, 0.2) is 29.8 Å². The Bertz CT molecular complexity index is 556. The van der Waals surface area contributed by atoms with Gasteiger partial charge in [0.1, 0.15) is 5.75 Å². The van der Waals surface area contributed by atoms with Gasteiger partial charge in [-0.1, -0.05) is 25.5 Å². The summed E-state index contributed by atoms with van der Waals surface area (Å²) in [5, 5.41) is 9.61. The molecule has 94 valence electrons. The molecule has 0 saturated carbocycles. The lowest BCUT2D eigenvalue weighted by molar-refractivity contribution is -0.116. The zero-order chi connectivity index (χ0) is 12.9. The average Bonchev–Trinajstić information content (AvgIpc) is 2.31. The van der Waals surface area contributed by atoms with Gasteiger partial charge in [0.15, 0.2) is 5.78 Å². The lowest BCUT2D eigenvalue weighted by Crippen LogP contribution is -2.40. The lowest BCUT2D eigenvalue weighted by atomic mass is 9.58. The fourth-order valence-corrected chi connectivity index (χ4v) is 3.56. The maximum absolute atomic E-state index is 11.7. The quantitative estimate of drug-likeness (QED) is 0.759. The molecule has 0 fully saturated rings. The summed E-state index contributed by atoms with van der Waals surface area (Å²) in [5.41, 5.74) is 3.76. The molecule has 18 heavy (non-hydrogen) atoms. The van der Waals surface area contributed by atoms with Crippen LogP contribution in [0.25, 0.3) is 0 Å². The molecule has 1 aromatic carbocycles. The number of hydrogen-bond donors (Lipinski definition) is 1.